The minimum Gasteiger partial charge on any atom is -0.486 e. The summed E-state index contributed by atoms with van der Waals surface area (Å²) < 4.78 is 7.77. The van der Waals surface area contributed by atoms with Gasteiger partial charge in [-0.1, -0.05) is 29.5 Å². The Labute approximate surface area is 123 Å². The lowest BCUT2D eigenvalue weighted by molar-refractivity contribution is 0.295. The summed E-state index contributed by atoms with van der Waals surface area (Å²) in [6, 6.07) is 14.4. The van der Waals surface area contributed by atoms with Gasteiger partial charge < -0.3 is 4.74 Å². The molecule has 2 heterocycles. The fourth-order valence-electron chi connectivity index (χ4n) is 2.89. The molecule has 0 bridgehead atoms. The molecule has 4 rings (SSSR count). The van der Waals surface area contributed by atoms with Crippen molar-refractivity contribution in [3.05, 3.63) is 59.3 Å². The first-order valence-electron chi connectivity index (χ1n) is 6.98. The number of rotatable bonds is 1. The van der Waals surface area contributed by atoms with Crippen molar-refractivity contribution in [2.45, 2.75) is 20.5 Å². The molecule has 4 nitrogen and oxygen atoms in total. The maximum absolute atomic E-state index is 5.87. The Bertz CT molecular complexity index is 822. The van der Waals surface area contributed by atoms with Crippen LogP contribution in [0.15, 0.2) is 42.5 Å². The first-order valence-corrected chi connectivity index (χ1v) is 6.98. The summed E-state index contributed by atoms with van der Waals surface area (Å²) in [4.78, 5) is 0. The zero-order chi connectivity index (χ0) is 14.4. The van der Waals surface area contributed by atoms with Gasteiger partial charge in [-0.05, 0) is 43.2 Å². The van der Waals surface area contributed by atoms with E-state index in [1.165, 1.54) is 5.56 Å². The van der Waals surface area contributed by atoms with Gasteiger partial charge in [-0.15, -0.1) is 5.10 Å². The molecule has 3 aromatic rings. The van der Waals surface area contributed by atoms with Crippen molar-refractivity contribution in [2.75, 3.05) is 0 Å². The van der Waals surface area contributed by atoms with E-state index in [0.29, 0.717) is 6.61 Å². The highest BCUT2D eigenvalue weighted by Crippen LogP contribution is 2.40. The molecule has 2 aromatic carbocycles. The average Bonchev–Trinajstić information content (AvgIpc) is 2.92. The molecule has 104 valence electrons. The Kier molecular flexibility index (Phi) is 2.57. The summed E-state index contributed by atoms with van der Waals surface area (Å²) in [6.07, 6.45) is 0. The maximum atomic E-state index is 5.87. The first-order chi connectivity index (χ1) is 10.2. The van der Waals surface area contributed by atoms with E-state index < -0.39 is 0 Å². The van der Waals surface area contributed by atoms with Crippen molar-refractivity contribution >= 4 is 0 Å². The predicted molar refractivity (Wildman–Crippen MR) is 80.6 cm³/mol. The van der Waals surface area contributed by atoms with Crippen LogP contribution in [0.4, 0.5) is 0 Å². The van der Waals surface area contributed by atoms with Gasteiger partial charge in [-0.3, -0.25) is 0 Å². The van der Waals surface area contributed by atoms with Gasteiger partial charge >= 0.3 is 0 Å². The van der Waals surface area contributed by atoms with E-state index in [1.807, 2.05) is 35.0 Å². The van der Waals surface area contributed by atoms with Gasteiger partial charge in [0.2, 0.25) is 0 Å². The fraction of sp³-hybridized carbons (Fsp3) is 0.176. The number of aromatic nitrogens is 3. The average molecular weight is 277 g/mol. The van der Waals surface area contributed by atoms with E-state index in [9.17, 15) is 0 Å². The van der Waals surface area contributed by atoms with Crippen LogP contribution in [0.3, 0.4) is 0 Å². The summed E-state index contributed by atoms with van der Waals surface area (Å²) in [5, 5.41) is 8.59. The molecule has 0 saturated heterocycles. The number of nitrogens with zero attached hydrogens (tertiary/aromatic N) is 3. The summed E-state index contributed by atoms with van der Waals surface area (Å²) >= 11 is 0. The Hall–Kier alpha value is -2.62. The number of aryl methyl sites for hydroxylation is 2. The number of fused-ring (bicyclic) bond motifs is 3. The van der Waals surface area contributed by atoms with Crippen LogP contribution in [0.2, 0.25) is 0 Å². The molecule has 1 aliphatic rings. The van der Waals surface area contributed by atoms with Crippen LogP contribution in [0.1, 0.15) is 16.8 Å². The molecule has 0 fully saturated rings. The van der Waals surface area contributed by atoms with Gasteiger partial charge in [0.1, 0.15) is 23.7 Å². The van der Waals surface area contributed by atoms with Crippen LogP contribution in [-0.2, 0) is 6.61 Å². The Balaban J connectivity index is 2.00. The number of benzene rings is 2. The largest absolute Gasteiger partial charge is 0.486 e. The highest BCUT2D eigenvalue weighted by Gasteiger charge is 2.25. The highest BCUT2D eigenvalue weighted by atomic mass is 16.5. The van der Waals surface area contributed by atoms with Crippen molar-refractivity contribution in [1.82, 2.24) is 15.0 Å². The van der Waals surface area contributed by atoms with E-state index in [2.05, 4.69) is 36.3 Å². The molecule has 0 saturated carbocycles. The molecule has 0 amide bonds. The molecule has 0 atom stereocenters. The second-order valence-corrected chi connectivity index (χ2v) is 5.38. The molecular weight excluding hydrogens is 262 g/mol. The lowest BCUT2D eigenvalue weighted by Gasteiger charge is -2.20. The minimum atomic E-state index is 0.471. The number of para-hydroxylation sites is 1. The van der Waals surface area contributed by atoms with Crippen LogP contribution in [0.25, 0.3) is 16.9 Å². The van der Waals surface area contributed by atoms with E-state index >= 15 is 0 Å². The Morgan fingerprint density at radius 1 is 1.10 bits per heavy atom. The molecule has 0 unspecified atom stereocenters. The van der Waals surface area contributed by atoms with Crippen LogP contribution in [0.5, 0.6) is 5.75 Å². The molecule has 0 radical (unpaired) electrons. The third-order valence-corrected chi connectivity index (χ3v) is 3.77. The maximum Gasteiger partial charge on any atom is 0.134 e. The molecule has 1 aromatic heterocycles. The number of ether oxygens (including phenoxy) is 1. The number of hydrogen-bond acceptors (Lipinski definition) is 3. The van der Waals surface area contributed by atoms with Crippen LogP contribution in [-0.4, -0.2) is 15.0 Å². The lowest BCUT2D eigenvalue weighted by atomic mass is 10.00. The van der Waals surface area contributed by atoms with Crippen molar-refractivity contribution in [2.24, 2.45) is 0 Å². The van der Waals surface area contributed by atoms with Gasteiger partial charge in [0.15, 0.2) is 0 Å². The summed E-state index contributed by atoms with van der Waals surface area (Å²) in [7, 11) is 0. The highest BCUT2D eigenvalue weighted by molar-refractivity contribution is 5.74. The molecule has 0 N–H and O–H groups in total. The van der Waals surface area contributed by atoms with E-state index in [0.717, 1.165) is 34.0 Å². The van der Waals surface area contributed by atoms with Gasteiger partial charge in [0.25, 0.3) is 0 Å². The van der Waals surface area contributed by atoms with Crippen molar-refractivity contribution < 1.29 is 4.74 Å². The summed E-state index contributed by atoms with van der Waals surface area (Å²) in [5.74, 6) is 0.938. The molecular formula is C17H15N3O. The zero-order valence-corrected chi connectivity index (χ0v) is 12.0. The molecule has 4 heteroatoms. The van der Waals surface area contributed by atoms with Crippen molar-refractivity contribution in [3.8, 4) is 22.7 Å². The molecule has 21 heavy (non-hydrogen) atoms. The normalized spacial score (nSPS) is 12.5. The molecule has 1 aliphatic heterocycles. The van der Waals surface area contributed by atoms with Crippen LogP contribution in [0, 0.1) is 13.8 Å². The first kappa shape index (κ1) is 12.1. The van der Waals surface area contributed by atoms with Gasteiger partial charge in [-0.2, -0.15) is 0 Å². The van der Waals surface area contributed by atoms with Gasteiger partial charge in [-0.25, -0.2) is 4.68 Å². The standard InChI is InChI=1S/C17H15N3O/c1-11-8-12(2)17-14(9-11)16-15(10-21-17)18-19-20(16)13-6-4-3-5-7-13/h3-9H,10H2,1-2H3. The molecule has 0 aliphatic carbocycles. The fourth-order valence-corrected chi connectivity index (χ4v) is 2.89. The Morgan fingerprint density at radius 3 is 2.71 bits per heavy atom. The smallest absolute Gasteiger partial charge is 0.134 e. The van der Waals surface area contributed by atoms with E-state index in [1.54, 1.807) is 0 Å². The third kappa shape index (κ3) is 1.83. The third-order valence-electron chi connectivity index (χ3n) is 3.77. The lowest BCUT2D eigenvalue weighted by Crippen LogP contribution is -2.09. The monoisotopic (exact) mass is 277 g/mol. The van der Waals surface area contributed by atoms with E-state index in [-0.39, 0.29) is 0 Å². The second kappa shape index (κ2) is 4.45. The van der Waals surface area contributed by atoms with Gasteiger partial charge in [0, 0.05) is 5.56 Å². The summed E-state index contributed by atoms with van der Waals surface area (Å²) in [6.45, 7) is 4.64. The SMILES string of the molecule is Cc1cc(C)c2c(c1)-c1c(nnn1-c1ccccc1)CO2. The van der Waals surface area contributed by atoms with Gasteiger partial charge in [0.05, 0.1) is 5.69 Å². The topological polar surface area (TPSA) is 39.9 Å². The second-order valence-electron chi connectivity index (χ2n) is 5.38. The predicted octanol–water partition coefficient (Wildman–Crippen LogP) is 3.44. The Morgan fingerprint density at radius 2 is 1.90 bits per heavy atom. The quantitative estimate of drug-likeness (QED) is 0.684. The van der Waals surface area contributed by atoms with Crippen LogP contribution < -0.4 is 4.74 Å². The zero-order valence-electron chi connectivity index (χ0n) is 12.0. The van der Waals surface area contributed by atoms with Crippen molar-refractivity contribution in [3.63, 3.8) is 0 Å². The number of hydrogen-bond donors (Lipinski definition) is 0. The van der Waals surface area contributed by atoms with Crippen molar-refractivity contribution in [1.29, 1.82) is 0 Å². The van der Waals surface area contributed by atoms with Crippen LogP contribution >= 0.6 is 0 Å². The molecule has 0 spiro atoms. The minimum absolute atomic E-state index is 0.471. The summed E-state index contributed by atoms with van der Waals surface area (Å²) in [5.41, 5.74) is 6.37. The van der Waals surface area contributed by atoms with E-state index in [4.69, 9.17) is 4.74 Å².